The molecule has 2 rings (SSSR count). The highest BCUT2D eigenvalue weighted by atomic mass is 19.4. The van der Waals surface area contributed by atoms with Gasteiger partial charge in [0.15, 0.2) is 0 Å². The van der Waals surface area contributed by atoms with Crippen molar-refractivity contribution in [2.75, 3.05) is 5.32 Å². The highest BCUT2D eigenvalue weighted by Gasteiger charge is 2.29. The molecule has 0 aromatic heterocycles. The van der Waals surface area contributed by atoms with Gasteiger partial charge < -0.3 is 5.32 Å². The zero-order chi connectivity index (χ0) is 13.9. The van der Waals surface area contributed by atoms with E-state index in [0.717, 1.165) is 12.1 Å². The molecular formula is C14H11F4N. The van der Waals surface area contributed by atoms with E-state index in [1.54, 1.807) is 18.2 Å². The zero-order valence-corrected chi connectivity index (χ0v) is 9.84. The third-order valence-electron chi connectivity index (χ3n) is 2.64. The summed E-state index contributed by atoms with van der Waals surface area (Å²) in [6, 6.07) is 10.9. The van der Waals surface area contributed by atoms with Gasteiger partial charge >= 0.3 is 6.18 Å². The summed E-state index contributed by atoms with van der Waals surface area (Å²) < 4.78 is 50.4. The summed E-state index contributed by atoms with van der Waals surface area (Å²) in [6.45, 7) is 0.263. The van der Waals surface area contributed by atoms with Crippen LogP contribution in [0.15, 0.2) is 48.5 Å². The van der Waals surface area contributed by atoms with Crippen molar-refractivity contribution in [1.82, 2.24) is 0 Å². The molecule has 0 atom stereocenters. The van der Waals surface area contributed by atoms with Crippen molar-refractivity contribution in [3.8, 4) is 0 Å². The highest BCUT2D eigenvalue weighted by molar-refractivity contribution is 5.45. The lowest BCUT2D eigenvalue weighted by molar-refractivity contribution is -0.137. The van der Waals surface area contributed by atoms with E-state index in [-0.39, 0.29) is 6.54 Å². The molecule has 0 amide bonds. The summed E-state index contributed by atoms with van der Waals surface area (Å²) in [5.74, 6) is -0.394. The molecule has 0 aliphatic heterocycles. The second-order valence-electron chi connectivity index (χ2n) is 4.03. The van der Waals surface area contributed by atoms with E-state index in [9.17, 15) is 17.6 Å². The van der Waals surface area contributed by atoms with Gasteiger partial charge in [-0.3, -0.25) is 0 Å². The number of alkyl halides is 3. The maximum absolute atomic E-state index is 13.3. The molecule has 0 bridgehead atoms. The van der Waals surface area contributed by atoms with Gasteiger partial charge in [-0.2, -0.15) is 13.2 Å². The molecule has 0 saturated heterocycles. The molecule has 1 nitrogen and oxygen atoms in total. The fourth-order valence-electron chi connectivity index (χ4n) is 1.61. The Balaban J connectivity index is 2.03. The molecule has 0 spiro atoms. The van der Waals surface area contributed by atoms with Gasteiger partial charge in [0, 0.05) is 6.54 Å². The molecule has 0 aliphatic rings. The molecule has 1 N–H and O–H groups in total. The molecule has 0 radical (unpaired) electrons. The van der Waals surface area contributed by atoms with Gasteiger partial charge in [0.25, 0.3) is 0 Å². The lowest BCUT2D eigenvalue weighted by atomic mass is 10.1. The number of anilines is 1. The molecule has 2 aromatic rings. The second kappa shape index (κ2) is 5.30. The Bertz CT molecular complexity index is 546. The van der Waals surface area contributed by atoms with E-state index in [2.05, 4.69) is 5.32 Å². The van der Waals surface area contributed by atoms with Gasteiger partial charge in [-0.1, -0.05) is 24.3 Å². The van der Waals surface area contributed by atoms with Crippen LogP contribution in [-0.4, -0.2) is 0 Å². The van der Waals surface area contributed by atoms with Crippen molar-refractivity contribution >= 4 is 5.69 Å². The summed E-state index contributed by atoms with van der Waals surface area (Å²) >= 11 is 0. The maximum Gasteiger partial charge on any atom is 0.416 e. The van der Waals surface area contributed by atoms with Gasteiger partial charge in [0.1, 0.15) is 5.82 Å². The Kier molecular flexibility index (Phi) is 3.74. The van der Waals surface area contributed by atoms with Crippen molar-refractivity contribution in [3.05, 3.63) is 65.5 Å². The predicted octanol–water partition coefficient (Wildman–Crippen LogP) is 4.46. The summed E-state index contributed by atoms with van der Waals surface area (Å²) in [5, 5.41) is 2.83. The average molecular weight is 269 g/mol. The van der Waals surface area contributed by atoms with Crippen molar-refractivity contribution in [1.29, 1.82) is 0 Å². The van der Waals surface area contributed by atoms with Crippen molar-refractivity contribution < 1.29 is 17.6 Å². The molecule has 2 aromatic carbocycles. The molecule has 5 heteroatoms. The van der Waals surface area contributed by atoms with Crippen LogP contribution < -0.4 is 5.32 Å². The van der Waals surface area contributed by atoms with Crippen molar-refractivity contribution in [2.24, 2.45) is 0 Å². The van der Waals surface area contributed by atoms with Crippen LogP contribution in [0.1, 0.15) is 11.1 Å². The van der Waals surface area contributed by atoms with Crippen LogP contribution >= 0.6 is 0 Å². The number of halogens is 4. The largest absolute Gasteiger partial charge is 0.416 e. The second-order valence-corrected chi connectivity index (χ2v) is 4.03. The first-order valence-electron chi connectivity index (χ1n) is 5.61. The number of hydrogen-bond acceptors (Lipinski definition) is 1. The number of para-hydroxylation sites is 1. The molecule has 19 heavy (non-hydrogen) atoms. The Morgan fingerprint density at radius 3 is 2.11 bits per heavy atom. The van der Waals surface area contributed by atoms with Crippen LogP contribution in [0, 0.1) is 5.82 Å². The first-order chi connectivity index (χ1) is 8.97. The van der Waals surface area contributed by atoms with Gasteiger partial charge in [0.2, 0.25) is 0 Å². The summed E-state index contributed by atoms with van der Waals surface area (Å²) in [5.41, 5.74) is 0.279. The van der Waals surface area contributed by atoms with Gasteiger partial charge in [-0.25, -0.2) is 4.39 Å². The predicted molar refractivity (Wildman–Crippen MR) is 65.2 cm³/mol. The molecule has 0 saturated carbocycles. The van der Waals surface area contributed by atoms with Crippen LogP contribution in [0.5, 0.6) is 0 Å². The highest BCUT2D eigenvalue weighted by Crippen LogP contribution is 2.29. The zero-order valence-electron chi connectivity index (χ0n) is 9.84. The maximum atomic E-state index is 13.3. The molecule has 0 unspecified atom stereocenters. The van der Waals surface area contributed by atoms with Crippen LogP contribution in [-0.2, 0) is 12.7 Å². The topological polar surface area (TPSA) is 12.0 Å². The van der Waals surface area contributed by atoms with Gasteiger partial charge in [0.05, 0.1) is 11.3 Å². The van der Waals surface area contributed by atoms with Gasteiger partial charge in [-0.05, 0) is 29.8 Å². The Morgan fingerprint density at radius 1 is 0.895 bits per heavy atom. The van der Waals surface area contributed by atoms with E-state index in [0.29, 0.717) is 11.3 Å². The van der Waals surface area contributed by atoms with Crippen molar-refractivity contribution in [3.63, 3.8) is 0 Å². The standard InChI is InChI=1S/C14H11F4N/c15-12-3-1-2-4-13(12)19-9-10-5-7-11(8-6-10)14(16,17)18/h1-8,19H,9H2. The Labute approximate surface area is 107 Å². The minimum Gasteiger partial charge on any atom is -0.379 e. The fraction of sp³-hybridized carbons (Fsp3) is 0.143. The molecular weight excluding hydrogens is 258 g/mol. The normalized spacial score (nSPS) is 11.4. The van der Waals surface area contributed by atoms with Gasteiger partial charge in [-0.15, -0.1) is 0 Å². The van der Waals surface area contributed by atoms with E-state index in [1.165, 1.54) is 18.2 Å². The van der Waals surface area contributed by atoms with Crippen LogP contribution in [0.25, 0.3) is 0 Å². The third-order valence-corrected chi connectivity index (χ3v) is 2.64. The number of benzene rings is 2. The Morgan fingerprint density at radius 2 is 1.53 bits per heavy atom. The van der Waals surface area contributed by atoms with E-state index >= 15 is 0 Å². The summed E-state index contributed by atoms with van der Waals surface area (Å²) in [6.07, 6.45) is -4.34. The van der Waals surface area contributed by atoms with E-state index < -0.39 is 17.6 Å². The number of hydrogen-bond donors (Lipinski definition) is 1. The minimum absolute atomic E-state index is 0.263. The van der Waals surface area contributed by atoms with Crippen molar-refractivity contribution in [2.45, 2.75) is 12.7 Å². The van der Waals surface area contributed by atoms with Crippen LogP contribution in [0.4, 0.5) is 23.2 Å². The average Bonchev–Trinajstić information content (AvgIpc) is 2.37. The molecule has 0 heterocycles. The SMILES string of the molecule is Fc1ccccc1NCc1ccc(C(F)(F)F)cc1. The minimum atomic E-state index is -4.34. The Hall–Kier alpha value is -2.04. The van der Waals surface area contributed by atoms with Crippen LogP contribution in [0.3, 0.4) is 0 Å². The fourth-order valence-corrected chi connectivity index (χ4v) is 1.61. The molecule has 0 fully saturated rings. The molecule has 0 aliphatic carbocycles. The number of nitrogens with one attached hydrogen (secondary N) is 1. The molecule has 100 valence electrons. The monoisotopic (exact) mass is 269 g/mol. The van der Waals surface area contributed by atoms with Crippen LogP contribution in [0.2, 0.25) is 0 Å². The summed E-state index contributed by atoms with van der Waals surface area (Å²) in [4.78, 5) is 0. The first kappa shape index (κ1) is 13.4. The number of rotatable bonds is 3. The first-order valence-corrected chi connectivity index (χ1v) is 5.61. The lowest BCUT2D eigenvalue weighted by Crippen LogP contribution is -2.06. The summed E-state index contributed by atoms with van der Waals surface area (Å²) in [7, 11) is 0. The lowest BCUT2D eigenvalue weighted by Gasteiger charge is -2.09. The van der Waals surface area contributed by atoms with E-state index in [4.69, 9.17) is 0 Å². The smallest absolute Gasteiger partial charge is 0.379 e. The van der Waals surface area contributed by atoms with E-state index in [1.807, 2.05) is 0 Å². The third kappa shape index (κ3) is 3.47. The quantitative estimate of drug-likeness (QED) is 0.811.